The largest absolute Gasteiger partial charge is 0.490 e. The Bertz CT molecular complexity index is 1440. The van der Waals surface area contributed by atoms with Gasteiger partial charge < -0.3 is 24.9 Å². The molecule has 226 valence electrons. The van der Waals surface area contributed by atoms with Crippen LogP contribution in [0.1, 0.15) is 87.8 Å². The van der Waals surface area contributed by atoms with Crippen LogP contribution < -0.4 is 10.1 Å². The lowest BCUT2D eigenvalue weighted by Crippen LogP contribution is -2.43. The Labute approximate surface area is 247 Å². The Kier molecular flexibility index (Phi) is 9.28. The number of ether oxygens (including phenoxy) is 1. The van der Waals surface area contributed by atoms with Crippen LogP contribution >= 0.6 is 7.82 Å². The predicted octanol–water partition coefficient (Wildman–Crippen LogP) is 7.84. The summed E-state index contributed by atoms with van der Waals surface area (Å²) in [4.78, 5) is 30.1. The van der Waals surface area contributed by atoms with E-state index in [-0.39, 0.29) is 12.7 Å². The van der Waals surface area contributed by atoms with Crippen molar-refractivity contribution in [3.05, 3.63) is 77.4 Å². The molecule has 0 heterocycles. The minimum atomic E-state index is -4.61. The van der Waals surface area contributed by atoms with E-state index in [1.807, 2.05) is 49.4 Å². The van der Waals surface area contributed by atoms with Crippen molar-refractivity contribution in [3.63, 3.8) is 0 Å². The first-order valence-electron chi connectivity index (χ1n) is 15.0. The van der Waals surface area contributed by atoms with Gasteiger partial charge in [0.2, 0.25) is 0 Å². The van der Waals surface area contributed by atoms with Crippen molar-refractivity contribution < 1.29 is 33.5 Å². The molecule has 2 aliphatic rings. The maximum atomic E-state index is 11.8. The lowest BCUT2D eigenvalue weighted by molar-refractivity contribution is 0.0524. The topological polar surface area (TPSA) is 125 Å². The molecule has 1 spiro atoms. The van der Waals surface area contributed by atoms with Crippen LogP contribution in [-0.2, 0) is 27.7 Å². The zero-order valence-corrected chi connectivity index (χ0v) is 25.2. The minimum absolute atomic E-state index is 0.231. The van der Waals surface area contributed by atoms with Crippen LogP contribution in [-0.4, -0.2) is 27.1 Å². The molecule has 2 saturated carbocycles. The highest BCUT2D eigenvalue weighted by molar-refractivity contribution is 7.46. The summed E-state index contributed by atoms with van der Waals surface area (Å²) in [5, 5.41) is 14.4. The van der Waals surface area contributed by atoms with E-state index >= 15 is 0 Å². The van der Waals surface area contributed by atoms with Crippen LogP contribution in [0.15, 0.2) is 60.7 Å². The second-order valence-corrected chi connectivity index (χ2v) is 13.6. The molecule has 0 radical (unpaired) electrons. The number of phosphoric ester groups is 1. The highest BCUT2D eigenvalue weighted by atomic mass is 31.2. The van der Waals surface area contributed by atoms with Gasteiger partial charge in [-0.15, -0.1) is 0 Å². The SMILES string of the molecule is C[C@](CCc1ccccc1COP(=O)(O)O)(NC(=O)O)c1ccc2cc(OC3CCC4(CCCCC4)CC3)ccc2c1. The molecule has 0 saturated heterocycles. The van der Waals surface area contributed by atoms with Crippen molar-refractivity contribution in [1.82, 2.24) is 5.32 Å². The van der Waals surface area contributed by atoms with E-state index in [9.17, 15) is 14.5 Å². The van der Waals surface area contributed by atoms with Crippen molar-refractivity contribution >= 4 is 24.7 Å². The molecule has 0 aromatic heterocycles. The number of phosphoric acid groups is 1. The molecule has 1 amide bonds. The van der Waals surface area contributed by atoms with Crippen LogP contribution in [0.5, 0.6) is 5.75 Å². The molecule has 9 heteroatoms. The lowest BCUT2D eigenvalue weighted by Gasteiger charge is -2.42. The van der Waals surface area contributed by atoms with Crippen molar-refractivity contribution in [1.29, 1.82) is 0 Å². The van der Waals surface area contributed by atoms with Crippen LogP contribution in [0.25, 0.3) is 10.8 Å². The van der Waals surface area contributed by atoms with Gasteiger partial charge in [0.15, 0.2) is 0 Å². The average Bonchev–Trinajstić information content (AvgIpc) is 2.96. The summed E-state index contributed by atoms with van der Waals surface area (Å²) in [5.74, 6) is 0.875. The molecule has 2 fully saturated rings. The van der Waals surface area contributed by atoms with E-state index in [0.717, 1.165) is 40.5 Å². The third kappa shape index (κ3) is 7.73. The smallest absolute Gasteiger partial charge is 0.469 e. The van der Waals surface area contributed by atoms with E-state index in [1.54, 1.807) is 12.1 Å². The molecule has 4 N–H and O–H groups in total. The number of hydrogen-bond donors (Lipinski definition) is 4. The zero-order valence-electron chi connectivity index (χ0n) is 24.3. The Hall–Kier alpha value is -2.90. The molecule has 3 aromatic carbocycles. The highest BCUT2D eigenvalue weighted by Gasteiger charge is 2.37. The Morgan fingerprint density at radius 3 is 2.31 bits per heavy atom. The second-order valence-electron chi connectivity index (χ2n) is 12.4. The molecule has 1 atom stereocenters. The van der Waals surface area contributed by atoms with Gasteiger partial charge in [-0.25, -0.2) is 9.36 Å². The third-order valence-electron chi connectivity index (χ3n) is 9.44. The van der Waals surface area contributed by atoms with E-state index < -0.39 is 19.5 Å². The van der Waals surface area contributed by atoms with Gasteiger partial charge in [0.25, 0.3) is 0 Å². The Balaban J connectivity index is 1.28. The predicted molar refractivity (Wildman–Crippen MR) is 162 cm³/mol. The number of carbonyl (C=O) groups is 1. The molecule has 5 rings (SSSR count). The molecule has 8 nitrogen and oxygen atoms in total. The first-order valence-corrected chi connectivity index (χ1v) is 16.5. The average molecular weight is 596 g/mol. The summed E-state index contributed by atoms with van der Waals surface area (Å²) in [6.07, 6.45) is 11.7. The molecular weight excluding hydrogens is 553 g/mol. The number of hydrogen-bond acceptors (Lipinski definition) is 4. The summed E-state index contributed by atoms with van der Waals surface area (Å²) in [5.41, 5.74) is 1.98. The maximum Gasteiger partial charge on any atom is 0.469 e. The normalized spacial score (nSPS) is 18.9. The van der Waals surface area contributed by atoms with Gasteiger partial charge in [-0.3, -0.25) is 4.52 Å². The quantitative estimate of drug-likeness (QED) is 0.176. The standard InChI is InChI=1S/C33H42NO7P/c1-32(34-31(35)36,18-13-24-7-3-4-8-27(24)23-40-42(37,38)39)28-11-9-26-22-30(12-10-25(26)21-28)41-29-14-19-33(20-15-29)16-5-2-6-17-33/h3-4,7-12,21-22,29,34H,2,5-6,13-20,23H2,1H3,(H,35,36)(H2,37,38,39)/t32-/m1/s1. The van der Waals surface area contributed by atoms with Gasteiger partial charge in [-0.1, -0.05) is 61.7 Å². The summed E-state index contributed by atoms with van der Waals surface area (Å²) in [7, 11) is -4.61. The monoisotopic (exact) mass is 595 g/mol. The van der Waals surface area contributed by atoms with E-state index in [0.29, 0.717) is 23.8 Å². The molecule has 0 aliphatic heterocycles. The molecule has 3 aromatic rings. The van der Waals surface area contributed by atoms with Gasteiger partial charge in [0.05, 0.1) is 18.2 Å². The number of fused-ring (bicyclic) bond motifs is 1. The van der Waals surface area contributed by atoms with Crippen molar-refractivity contribution in [2.45, 2.75) is 95.8 Å². The van der Waals surface area contributed by atoms with Crippen LogP contribution in [0.2, 0.25) is 0 Å². The Morgan fingerprint density at radius 2 is 1.62 bits per heavy atom. The lowest BCUT2D eigenvalue weighted by atomic mass is 9.65. The number of amides is 1. The fourth-order valence-corrected chi connectivity index (χ4v) is 7.26. The van der Waals surface area contributed by atoms with Crippen molar-refractivity contribution in [2.24, 2.45) is 5.41 Å². The van der Waals surface area contributed by atoms with Crippen molar-refractivity contribution in [3.8, 4) is 5.75 Å². The number of benzene rings is 3. The second kappa shape index (κ2) is 12.8. The summed E-state index contributed by atoms with van der Waals surface area (Å²) < 4.78 is 22.4. The van der Waals surface area contributed by atoms with Gasteiger partial charge in [-0.05, 0) is 109 Å². The Morgan fingerprint density at radius 1 is 0.952 bits per heavy atom. The fourth-order valence-electron chi connectivity index (χ4n) is 6.95. The number of carboxylic acid groups (broad SMARTS) is 1. The van der Waals surface area contributed by atoms with Crippen LogP contribution in [0.3, 0.4) is 0 Å². The van der Waals surface area contributed by atoms with Crippen LogP contribution in [0, 0.1) is 5.41 Å². The molecular formula is C33H42NO7P. The summed E-state index contributed by atoms with van der Waals surface area (Å²) in [6.45, 7) is 1.63. The van der Waals surface area contributed by atoms with E-state index in [1.165, 1.54) is 44.9 Å². The molecule has 42 heavy (non-hydrogen) atoms. The highest BCUT2D eigenvalue weighted by Crippen LogP contribution is 2.48. The molecule has 2 aliphatic carbocycles. The van der Waals surface area contributed by atoms with Gasteiger partial charge in [-0.2, -0.15) is 0 Å². The van der Waals surface area contributed by atoms with Gasteiger partial charge >= 0.3 is 13.9 Å². The number of aryl methyl sites for hydroxylation is 1. The van der Waals surface area contributed by atoms with Gasteiger partial charge in [0, 0.05) is 0 Å². The minimum Gasteiger partial charge on any atom is -0.490 e. The number of rotatable bonds is 10. The summed E-state index contributed by atoms with van der Waals surface area (Å²) in [6, 6.07) is 19.3. The number of nitrogens with one attached hydrogen (secondary N) is 1. The van der Waals surface area contributed by atoms with E-state index in [2.05, 4.69) is 11.4 Å². The maximum absolute atomic E-state index is 11.8. The molecule has 0 bridgehead atoms. The summed E-state index contributed by atoms with van der Waals surface area (Å²) >= 11 is 0. The van der Waals surface area contributed by atoms with Crippen molar-refractivity contribution in [2.75, 3.05) is 0 Å². The molecule has 0 unspecified atom stereocenters. The van der Waals surface area contributed by atoms with Gasteiger partial charge in [0.1, 0.15) is 5.75 Å². The zero-order chi connectivity index (χ0) is 29.8. The fraction of sp³-hybridized carbons (Fsp3) is 0.485. The first kappa shape index (κ1) is 30.6. The van der Waals surface area contributed by atoms with Crippen LogP contribution in [0.4, 0.5) is 4.79 Å². The van der Waals surface area contributed by atoms with E-state index in [4.69, 9.17) is 19.0 Å². The first-order chi connectivity index (χ1) is 20.0. The third-order valence-corrected chi connectivity index (χ3v) is 9.91.